The molecule has 0 bridgehead atoms. The van der Waals surface area contributed by atoms with Crippen LogP contribution in [0.1, 0.15) is 0 Å². The van der Waals surface area contributed by atoms with E-state index in [1.165, 1.54) is 18.3 Å². The van der Waals surface area contributed by atoms with Gasteiger partial charge in [0.2, 0.25) is 0 Å². The molecule has 18 heavy (non-hydrogen) atoms. The molecule has 4 nitrogen and oxygen atoms in total. The summed E-state index contributed by atoms with van der Waals surface area (Å²) in [7, 11) is -3.75. The summed E-state index contributed by atoms with van der Waals surface area (Å²) in [5.74, 6) is 0. The number of sulfonamides is 1. The molecule has 9 heteroatoms. The highest BCUT2D eigenvalue weighted by molar-refractivity contribution is 7.94. The Hall–Kier alpha value is -0.530. The molecule has 0 spiro atoms. The topological polar surface area (TPSA) is 59.1 Å². The first-order chi connectivity index (χ1) is 8.38. The maximum atomic E-state index is 12.0. The lowest BCUT2D eigenvalue weighted by atomic mass is 10.3. The highest BCUT2D eigenvalue weighted by Crippen LogP contribution is 2.29. The lowest BCUT2D eigenvalue weighted by Crippen LogP contribution is -2.11. The number of hydrogen-bond donors (Lipinski definition) is 1. The summed E-state index contributed by atoms with van der Waals surface area (Å²) in [6, 6.07) is 4.48. The van der Waals surface area contributed by atoms with Crippen molar-refractivity contribution in [2.45, 2.75) is 4.21 Å². The van der Waals surface area contributed by atoms with Crippen LogP contribution in [0.5, 0.6) is 0 Å². The number of hydrogen-bond acceptors (Lipinski definition) is 4. The largest absolute Gasteiger partial charge is 0.277 e. The number of benzene rings is 1. The molecule has 2 aromatic rings. The third kappa shape index (κ3) is 3.07. The number of anilines is 1. The molecule has 2 rings (SSSR count). The van der Waals surface area contributed by atoms with Crippen molar-refractivity contribution in [2.24, 2.45) is 0 Å². The van der Waals surface area contributed by atoms with E-state index in [0.29, 0.717) is 5.02 Å². The molecule has 0 atom stereocenters. The van der Waals surface area contributed by atoms with Gasteiger partial charge < -0.3 is 0 Å². The zero-order valence-corrected chi connectivity index (χ0v) is 12.4. The van der Waals surface area contributed by atoms with Crippen LogP contribution in [0.15, 0.2) is 28.6 Å². The number of nitrogens with one attached hydrogen (secondary N) is 1. The molecule has 0 aliphatic heterocycles. The second-order valence-corrected chi connectivity index (χ2v) is 7.53. The van der Waals surface area contributed by atoms with Gasteiger partial charge in [0, 0.05) is 5.02 Å². The smallest absolute Gasteiger partial charge is 0.273 e. The molecular formula is C9H5Cl3N2O2S2. The molecule has 0 fully saturated rings. The summed E-state index contributed by atoms with van der Waals surface area (Å²) in [6.45, 7) is 0. The Bertz CT molecular complexity index is 685. The van der Waals surface area contributed by atoms with E-state index >= 15 is 0 Å². The minimum Gasteiger partial charge on any atom is -0.277 e. The van der Waals surface area contributed by atoms with Gasteiger partial charge in [-0.15, -0.1) is 0 Å². The van der Waals surface area contributed by atoms with Crippen molar-refractivity contribution in [2.75, 3.05) is 4.72 Å². The Morgan fingerprint density at radius 1 is 1.22 bits per heavy atom. The zero-order valence-electron chi connectivity index (χ0n) is 8.52. The van der Waals surface area contributed by atoms with Crippen LogP contribution in [0.25, 0.3) is 0 Å². The molecule has 1 N–H and O–H groups in total. The molecular weight excluding hydrogens is 339 g/mol. The van der Waals surface area contributed by atoms with E-state index in [2.05, 4.69) is 9.71 Å². The van der Waals surface area contributed by atoms with Gasteiger partial charge in [0.15, 0.2) is 8.68 Å². The van der Waals surface area contributed by atoms with Crippen LogP contribution in [0.4, 0.5) is 5.69 Å². The minimum absolute atomic E-state index is 0.00328. The third-order valence-corrected chi connectivity index (χ3v) is 5.40. The van der Waals surface area contributed by atoms with Crippen molar-refractivity contribution in [3.05, 3.63) is 38.9 Å². The molecule has 0 radical (unpaired) electrons. The fourth-order valence-corrected chi connectivity index (χ4v) is 3.89. The first kappa shape index (κ1) is 13.9. The van der Waals surface area contributed by atoms with E-state index in [1.54, 1.807) is 6.07 Å². The van der Waals surface area contributed by atoms with Gasteiger partial charge in [0.1, 0.15) is 0 Å². The van der Waals surface area contributed by atoms with Crippen molar-refractivity contribution in [1.82, 2.24) is 4.98 Å². The van der Waals surface area contributed by atoms with Crippen molar-refractivity contribution in [1.29, 1.82) is 0 Å². The second kappa shape index (κ2) is 5.22. The summed E-state index contributed by atoms with van der Waals surface area (Å²) >= 11 is 18.1. The zero-order chi connectivity index (χ0) is 13.3. The van der Waals surface area contributed by atoms with Gasteiger partial charge in [-0.2, -0.15) is 0 Å². The Labute approximate surface area is 123 Å². The fourth-order valence-electron chi connectivity index (χ4n) is 1.13. The Balaban J connectivity index is 2.36. The molecule has 0 unspecified atom stereocenters. The molecule has 0 amide bonds. The maximum Gasteiger partial charge on any atom is 0.273 e. The average molecular weight is 344 g/mol. The molecule has 0 aliphatic carbocycles. The number of thiazole rings is 1. The number of aromatic nitrogens is 1. The lowest BCUT2D eigenvalue weighted by Gasteiger charge is -2.07. The minimum atomic E-state index is -3.75. The van der Waals surface area contributed by atoms with Crippen molar-refractivity contribution < 1.29 is 8.42 Å². The van der Waals surface area contributed by atoms with Crippen LogP contribution < -0.4 is 4.72 Å². The lowest BCUT2D eigenvalue weighted by molar-refractivity contribution is 0.603. The molecule has 1 aromatic carbocycles. The number of nitrogens with zero attached hydrogens (tertiary/aromatic N) is 1. The van der Waals surface area contributed by atoms with Crippen LogP contribution in [0.3, 0.4) is 0 Å². The van der Waals surface area contributed by atoms with Crippen LogP contribution in [-0.2, 0) is 10.0 Å². The Morgan fingerprint density at radius 3 is 2.56 bits per heavy atom. The monoisotopic (exact) mass is 342 g/mol. The van der Waals surface area contributed by atoms with Gasteiger partial charge in [-0.1, -0.05) is 46.1 Å². The second-order valence-electron chi connectivity index (χ2n) is 3.16. The van der Waals surface area contributed by atoms with Crippen LogP contribution in [0, 0.1) is 0 Å². The molecule has 0 saturated heterocycles. The van der Waals surface area contributed by atoms with Crippen molar-refractivity contribution in [3.8, 4) is 0 Å². The van der Waals surface area contributed by atoms with E-state index < -0.39 is 10.0 Å². The predicted octanol–water partition coefficient (Wildman–Crippen LogP) is 3.90. The number of rotatable bonds is 3. The quantitative estimate of drug-likeness (QED) is 0.919. The summed E-state index contributed by atoms with van der Waals surface area (Å²) in [5.41, 5.74) is 0.202. The molecule has 0 saturated carbocycles. The van der Waals surface area contributed by atoms with E-state index in [4.69, 9.17) is 34.8 Å². The van der Waals surface area contributed by atoms with Gasteiger partial charge in [-0.25, -0.2) is 13.4 Å². The van der Waals surface area contributed by atoms with Crippen molar-refractivity contribution in [3.63, 3.8) is 0 Å². The van der Waals surface area contributed by atoms with E-state index in [-0.39, 0.29) is 19.4 Å². The summed E-state index contributed by atoms with van der Waals surface area (Å²) in [4.78, 5) is 3.67. The summed E-state index contributed by atoms with van der Waals surface area (Å²) < 4.78 is 26.4. The Kier molecular flexibility index (Phi) is 4.03. The highest BCUT2D eigenvalue weighted by atomic mass is 35.5. The molecule has 1 aromatic heterocycles. The third-order valence-electron chi connectivity index (χ3n) is 1.89. The van der Waals surface area contributed by atoms with Crippen LogP contribution in [0.2, 0.25) is 14.5 Å². The first-order valence-electron chi connectivity index (χ1n) is 4.48. The number of halogens is 3. The van der Waals surface area contributed by atoms with Gasteiger partial charge >= 0.3 is 0 Å². The SMILES string of the molecule is O=S(=O)(Nc1cc(Cl)ccc1Cl)c1cnc(Cl)s1. The van der Waals surface area contributed by atoms with Crippen LogP contribution >= 0.6 is 46.1 Å². The highest BCUT2D eigenvalue weighted by Gasteiger charge is 2.19. The van der Waals surface area contributed by atoms with Crippen LogP contribution in [-0.4, -0.2) is 13.4 Å². The van der Waals surface area contributed by atoms with E-state index in [9.17, 15) is 8.42 Å². The normalized spacial score (nSPS) is 11.5. The standard InChI is InChI=1S/C9H5Cl3N2O2S2/c10-5-1-2-6(11)7(3-5)14-18(15,16)8-4-13-9(12)17-8/h1-4,14H. The molecule has 1 heterocycles. The fraction of sp³-hybridized carbons (Fsp3) is 0. The molecule has 0 aliphatic rings. The van der Waals surface area contributed by atoms with E-state index in [0.717, 1.165) is 11.3 Å². The van der Waals surface area contributed by atoms with Gasteiger partial charge in [-0.3, -0.25) is 4.72 Å². The predicted molar refractivity (Wildman–Crippen MR) is 74.4 cm³/mol. The molecule has 96 valence electrons. The Morgan fingerprint density at radius 2 is 1.94 bits per heavy atom. The van der Waals surface area contributed by atoms with Gasteiger partial charge in [-0.05, 0) is 18.2 Å². The van der Waals surface area contributed by atoms with Crippen molar-refractivity contribution >= 4 is 61.9 Å². The van der Waals surface area contributed by atoms with Gasteiger partial charge in [0.05, 0.1) is 16.9 Å². The summed E-state index contributed by atoms with van der Waals surface area (Å²) in [6.07, 6.45) is 1.17. The maximum absolute atomic E-state index is 12.0. The van der Waals surface area contributed by atoms with E-state index in [1.807, 2.05) is 0 Å². The van der Waals surface area contributed by atoms with Gasteiger partial charge in [0.25, 0.3) is 10.0 Å². The average Bonchev–Trinajstić information content (AvgIpc) is 2.71. The summed E-state index contributed by atoms with van der Waals surface area (Å²) in [5, 5.41) is 0.623. The first-order valence-corrected chi connectivity index (χ1v) is 7.91.